The van der Waals surface area contributed by atoms with Gasteiger partial charge in [-0.2, -0.15) is 0 Å². The molecule has 1 unspecified atom stereocenters. The standard InChI is InChI=1S/C17H22N2O/c1-2-8-17(7-1)16(6-10-20-17)19-12-13-3-4-15-14(11-13)5-9-18-15/h3-5,9,11,16,18-19H,1-2,6-8,10,12H2. The summed E-state index contributed by atoms with van der Waals surface area (Å²) in [5, 5.41) is 5.05. The molecule has 0 bridgehead atoms. The van der Waals surface area contributed by atoms with Gasteiger partial charge in [-0.3, -0.25) is 0 Å². The first kappa shape index (κ1) is 12.4. The minimum absolute atomic E-state index is 0.151. The zero-order chi connectivity index (χ0) is 13.4. The highest BCUT2D eigenvalue weighted by Crippen LogP contribution is 2.41. The molecule has 3 heteroatoms. The Kier molecular flexibility index (Phi) is 3.04. The number of hydrogen-bond donors (Lipinski definition) is 2. The molecule has 1 atom stereocenters. The Morgan fingerprint density at radius 1 is 1.25 bits per heavy atom. The van der Waals surface area contributed by atoms with Crippen LogP contribution in [-0.2, 0) is 11.3 Å². The van der Waals surface area contributed by atoms with Crippen LogP contribution in [0.1, 0.15) is 37.7 Å². The molecule has 1 aliphatic heterocycles. The van der Waals surface area contributed by atoms with Crippen molar-refractivity contribution in [2.24, 2.45) is 0 Å². The third-order valence-electron chi connectivity index (χ3n) is 5.05. The molecule has 2 fully saturated rings. The van der Waals surface area contributed by atoms with E-state index < -0.39 is 0 Å². The van der Waals surface area contributed by atoms with E-state index in [9.17, 15) is 0 Å². The van der Waals surface area contributed by atoms with E-state index >= 15 is 0 Å². The molecule has 1 saturated carbocycles. The molecule has 2 aliphatic rings. The average molecular weight is 270 g/mol. The molecule has 2 aromatic rings. The largest absolute Gasteiger partial charge is 0.373 e. The lowest BCUT2D eigenvalue weighted by molar-refractivity contribution is -0.00484. The number of fused-ring (bicyclic) bond motifs is 1. The molecule has 2 N–H and O–H groups in total. The summed E-state index contributed by atoms with van der Waals surface area (Å²) in [6.07, 6.45) is 8.29. The van der Waals surface area contributed by atoms with Gasteiger partial charge in [0, 0.05) is 30.9 Å². The average Bonchev–Trinajstić information content (AvgIpc) is 3.19. The van der Waals surface area contributed by atoms with Crippen LogP contribution in [0.25, 0.3) is 10.9 Å². The minimum Gasteiger partial charge on any atom is -0.373 e. The summed E-state index contributed by atoms with van der Waals surface area (Å²) in [6, 6.07) is 9.32. The Morgan fingerprint density at radius 2 is 2.15 bits per heavy atom. The topological polar surface area (TPSA) is 37.0 Å². The molecule has 2 heterocycles. The maximum absolute atomic E-state index is 6.09. The predicted octanol–water partition coefficient (Wildman–Crippen LogP) is 3.36. The van der Waals surface area contributed by atoms with Crippen molar-refractivity contribution in [1.82, 2.24) is 10.3 Å². The van der Waals surface area contributed by atoms with Crippen molar-refractivity contribution in [3.8, 4) is 0 Å². The number of aromatic amines is 1. The summed E-state index contributed by atoms with van der Waals surface area (Å²) in [7, 11) is 0. The molecular formula is C17H22N2O. The number of nitrogens with one attached hydrogen (secondary N) is 2. The van der Waals surface area contributed by atoms with Crippen molar-refractivity contribution in [2.75, 3.05) is 6.61 Å². The van der Waals surface area contributed by atoms with Gasteiger partial charge >= 0.3 is 0 Å². The Morgan fingerprint density at radius 3 is 3.05 bits per heavy atom. The van der Waals surface area contributed by atoms with Crippen molar-refractivity contribution in [3.05, 3.63) is 36.0 Å². The zero-order valence-electron chi connectivity index (χ0n) is 11.8. The zero-order valence-corrected chi connectivity index (χ0v) is 11.8. The predicted molar refractivity (Wildman–Crippen MR) is 80.7 cm³/mol. The SMILES string of the molecule is c1cc2cc(CNC3CCOC34CCCC4)ccc2[nH]1. The van der Waals surface area contributed by atoms with E-state index in [1.165, 1.54) is 42.1 Å². The van der Waals surface area contributed by atoms with Gasteiger partial charge in [0.05, 0.1) is 5.60 Å². The number of aromatic nitrogens is 1. The highest BCUT2D eigenvalue weighted by atomic mass is 16.5. The van der Waals surface area contributed by atoms with Crippen molar-refractivity contribution in [2.45, 2.75) is 50.3 Å². The Bertz CT molecular complexity index is 592. The van der Waals surface area contributed by atoms with Crippen LogP contribution in [0.5, 0.6) is 0 Å². The third kappa shape index (κ3) is 2.05. The fourth-order valence-electron chi connectivity index (χ4n) is 3.95. The van der Waals surface area contributed by atoms with Crippen LogP contribution in [0.4, 0.5) is 0 Å². The van der Waals surface area contributed by atoms with E-state index in [4.69, 9.17) is 4.74 Å². The number of hydrogen-bond acceptors (Lipinski definition) is 2. The first-order valence-electron chi connectivity index (χ1n) is 7.79. The van der Waals surface area contributed by atoms with Crippen LogP contribution < -0.4 is 5.32 Å². The number of ether oxygens (including phenoxy) is 1. The summed E-state index contributed by atoms with van der Waals surface area (Å²) < 4.78 is 6.09. The van der Waals surface area contributed by atoms with Crippen LogP contribution >= 0.6 is 0 Å². The number of H-pyrrole nitrogens is 1. The fraction of sp³-hybridized carbons (Fsp3) is 0.529. The summed E-state index contributed by atoms with van der Waals surface area (Å²) in [5.74, 6) is 0. The molecule has 20 heavy (non-hydrogen) atoms. The smallest absolute Gasteiger partial charge is 0.0835 e. The highest BCUT2D eigenvalue weighted by Gasteiger charge is 2.45. The number of rotatable bonds is 3. The quantitative estimate of drug-likeness (QED) is 0.897. The lowest BCUT2D eigenvalue weighted by Gasteiger charge is -2.30. The van der Waals surface area contributed by atoms with Gasteiger partial charge in [0.25, 0.3) is 0 Å². The molecular weight excluding hydrogens is 248 g/mol. The normalized spacial score (nSPS) is 24.9. The molecule has 4 rings (SSSR count). The van der Waals surface area contributed by atoms with E-state index in [1.54, 1.807) is 0 Å². The summed E-state index contributed by atoms with van der Waals surface area (Å²) >= 11 is 0. The summed E-state index contributed by atoms with van der Waals surface area (Å²) in [6.45, 7) is 1.87. The molecule has 0 radical (unpaired) electrons. The summed E-state index contributed by atoms with van der Waals surface area (Å²) in [4.78, 5) is 3.24. The maximum Gasteiger partial charge on any atom is 0.0835 e. The van der Waals surface area contributed by atoms with Crippen LogP contribution in [-0.4, -0.2) is 23.2 Å². The van der Waals surface area contributed by atoms with Crippen molar-refractivity contribution in [1.29, 1.82) is 0 Å². The monoisotopic (exact) mass is 270 g/mol. The lowest BCUT2D eigenvalue weighted by Crippen LogP contribution is -2.45. The molecule has 1 spiro atoms. The van der Waals surface area contributed by atoms with Gasteiger partial charge in [0.1, 0.15) is 0 Å². The second-order valence-electron chi connectivity index (χ2n) is 6.24. The van der Waals surface area contributed by atoms with Crippen LogP contribution in [0.3, 0.4) is 0 Å². The molecule has 1 saturated heterocycles. The summed E-state index contributed by atoms with van der Waals surface area (Å²) in [5.41, 5.74) is 2.72. The van der Waals surface area contributed by atoms with Gasteiger partial charge in [0.2, 0.25) is 0 Å². The van der Waals surface area contributed by atoms with Gasteiger partial charge in [0.15, 0.2) is 0 Å². The molecule has 1 aliphatic carbocycles. The van der Waals surface area contributed by atoms with Gasteiger partial charge in [-0.1, -0.05) is 18.9 Å². The second-order valence-corrected chi connectivity index (χ2v) is 6.24. The Hall–Kier alpha value is -1.32. The van der Waals surface area contributed by atoms with E-state index in [0.29, 0.717) is 6.04 Å². The first-order valence-corrected chi connectivity index (χ1v) is 7.79. The fourth-order valence-corrected chi connectivity index (χ4v) is 3.95. The van der Waals surface area contributed by atoms with Crippen LogP contribution in [0.15, 0.2) is 30.5 Å². The molecule has 3 nitrogen and oxygen atoms in total. The van der Waals surface area contributed by atoms with E-state index in [2.05, 4.69) is 34.6 Å². The van der Waals surface area contributed by atoms with E-state index in [1.807, 2.05) is 6.20 Å². The van der Waals surface area contributed by atoms with Crippen molar-refractivity contribution in [3.63, 3.8) is 0 Å². The molecule has 106 valence electrons. The van der Waals surface area contributed by atoms with Crippen LogP contribution in [0, 0.1) is 0 Å². The molecule has 1 aromatic carbocycles. The van der Waals surface area contributed by atoms with Crippen molar-refractivity contribution >= 4 is 10.9 Å². The minimum atomic E-state index is 0.151. The maximum atomic E-state index is 6.09. The van der Waals surface area contributed by atoms with Crippen LogP contribution in [0.2, 0.25) is 0 Å². The van der Waals surface area contributed by atoms with Crippen molar-refractivity contribution < 1.29 is 4.74 Å². The highest BCUT2D eigenvalue weighted by molar-refractivity contribution is 5.79. The number of benzene rings is 1. The van der Waals surface area contributed by atoms with E-state index in [-0.39, 0.29) is 5.60 Å². The second kappa shape index (κ2) is 4.90. The van der Waals surface area contributed by atoms with Gasteiger partial charge in [-0.25, -0.2) is 0 Å². The Labute approximate surface area is 119 Å². The Balaban J connectivity index is 1.46. The first-order chi connectivity index (χ1) is 9.86. The molecule has 1 aromatic heterocycles. The van der Waals surface area contributed by atoms with Gasteiger partial charge < -0.3 is 15.0 Å². The third-order valence-corrected chi connectivity index (χ3v) is 5.05. The van der Waals surface area contributed by atoms with Gasteiger partial charge in [-0.15, -0.1) is 0 Å². The van der Waals surface area contributed by atoms with E-state index in [0.717, 1.165) is 19.6 Å². The van der Waals surface area contributed by atoms with Gasteiger partial charge in [-0.05, 0) is 48.4 Å². The lowest BCUT2D eigenvalue weighted by atomic mass is 9.92. The molecule has 0 amide bonds.